The van der Waals surface area contributed by atoms with Gasteiger partial charge in [-0.3, -0.25) is 0 Å². The van der Waals surface area contributed by atoms with E-state index in [9.17, 15) is 8.78 Å². The number of benzene rings is 1. The van der Waals surface area contributed by atoms with Gasteiger partial charge in [0.1, 0.15) is 0 Å². The molecule has 76 valence electrons. The first kappa shape index (κ1) is 10.1. The van der Waals surface area contributed by atoms with Crippen molar-refractivity contribution in [3.05, 3.63) is 34.3 Å². The van der Waals surface area contributed by atoms with Crippen molar-refractivity contribution in [1.82, 2.24) is 5.32 Å². The third kappa shape index (κ3) is 1.96. The quantitative estimate of drug-likeness (QED) is 0.819. The van der Waals surface area contributed by atoms with Crippen LogP contribution >= 0.6 is 15.9 Å². The molecule has 1 fully saturated rings. The van der Waals surface area contributed by atoms with Crippen LogP contribution in [0, 0.1) is 0 Å². The molecule has 0 spiro atoms. The molecule has 1 aliphatic heterocycles. The third-order valence-corrected chi connectivity index (χ3v) is 3.11. The highest BCUT2D eigenvalue weighted by Gasteiger charge is 2.40. The van der Waals surface area contributed by atoms with Crippen molar-refractivity contribution in [3.63, 3.8) is 0 Å². The maximum atomic E-state index is 12.9. The normalized spacial score (nSPS) is 25.2. The fraction of sp³-hybridized carbons (Fsp3) is 0.400. The first-order chi connectivity index (χ1) is 6.58. The first-order valence-corrected chi connectivity index (χ1v) is 5.23. The summed E-state index contributed by atoms with van der Waals surface area (Å²) in [4.78, 5) is 0. The Morgan fingerprint density at radius 3 is 2.64 bits per heavy atom. The molecular formula is C10H10BrF2N. The van der Waals surface area contributed by atoms with E-state index in [-0.39, 0.29) is 19.0 Å². The van der Waals surface area contributed by atoms with Crippen LogP contribution in [0.3, 0.4) is 0 Å². The summed E-state index contributed by atoms with van der Waals surface area (Å²) < 4.78 is 26.8. The van der Waals surface area contributed by atoms with Gasteiger partial charge in [0, 0.05) is 16.9 Å². The fourth-order valence-electron chi connectivity index (χ4n) is 1.69. The van der Waals surface area contributed by atoms with Gasteiger partial charge in [0.2, 0.25) is 0 Å². The summed E-state index contributed by atoms with van der Waals surface area (Å²) in [6.07, 6.45) is -0.115. The Morgan fingerprint density at radius 2 is 2.07 bits per heavy atom. The van der Waals surface area contributed by atoms with E-state index in [4.69, 9.17) is 0 Å². The van der Waals surface area contributed by atoms with Gasteiger partial charge in [-0.2, -0.15) is 0 Å². The van der Waals surface area contributed by atoms with Gasteiger partial charge in [0.25, 0.3) is 5.92 Å². The standard InChI is InChI=1S/C10H10BrF2N/c11-8-4-2-1-3-7(8)9-5-10(12,13)6-14-9/h1-4,9,14H,5-6H2. The highest BCUT2D eigenvalue weighted by atomic mass is 79.9. The molecule has 0 aliphatic carbocycles. The van der Waals surface area contributed by atoms with Crippen LogP contribution in [0.25, 0.3) is 0 Å². The van der Waals surface area contributed by atoms with Crippen molar-refractivity contribution in [2.24, 2.45) is 0 Å². The summed E-state index contributed by atoms with van der Waals surface area (Å²) >= 11 is 3.36. The molecule has 0 saturated carbocycles. The zero-order chi connectivity index (χ0) is 10.2. The van der Waals surface area contributed by atoms with Gasteiger partial charge in [0.05, 0.1) is 6.54 Å². The number of rotatable bonds is 1. The van der Waals surface area contributed by atoms with E-state index in [1.807, 2.05) is 24.3 Å². The lowest BCUT2D eigenvalue weighted by atomic mass is 10.0. The van der Waals surface area contributed by atoms with Crippen molar-refractivity contribution in [3.8, 4) is 0 Å². The van der Waals surface area contributed by atoms with Crippen molar-refractivity contribution in [1.29, 1.82) is 0 Å². The summed E-state index contributed by atoms with van der Waals surface area (Å²) in [6.45, 7) is -0.223. The molecule has 1 atom stereocenters. The van der Waals surface area contributed by atoms with Crippen LogP contribution in [0.2, 0.25) is 0 Å². The molecule has 2 rings (SSSR count). The van der Waals surface area contributed by atoms with E-state index in [1.54, 1.807) is 0 Å². The van der Waals surface area contributed by atoms with Gasteiger partial charge in [-0.05, 0) is 11.6 Å². The SMILES string of the molecule is FC1(F)CNC(c2ccccc2Br)C1. The molecule has 0 radical (unpaired) electrons. The summed E-state index contributed by atoms with van der Waals surface area (Å²) in [5.41, 5.74) is 0.907. The number of alkyl halides is 2. The van der Waals surface area contributed by atoms with Crippen molar-refractivity contribution in [2.45, 2.75) is 18.4 Å². The Morgan fingerprint density at radius 1 is 1.36 bits per heavy atom. The molecule has 1 aromatic rings. The van der Waals surface area contributed by atoms with Gasteiger partial charge >= 0.3 is 0 Å². The molecule has 4 heteroatoms. The van der Waals surface area contributed by atoms with E-state index in [0.717, 1.165) is 10.0 Å². The average molecular weight is 262 g/mol. The van der Waals surface area contributed by atoms with E-state index < -0.39 is 5.92 Å². The molecule has 0 amide bonds. The monoisotopic (exact) mass is 261 g/mol. The molecule has 1 N–H and O–H groups in total. The van der Waals surface area contributed by atoms with Gasteiger partial charge in [0.15, 0.2) is 0 Å². The lowest BCUT2D eigenvalue weighted by Gasteiger charge is -2.12. The molecular weight excluding hydrogens is 252 g/mol. The number of hydrogen-bond acceptors (Lipinski definition) is 1. The molecule has 1 aromatic carbocycles. The second-order valence-corrected chi connectivity index (χ2v) is 4.37. The predicted molar refractivity (Wildman–Crippen MR) is 54.4 cm³/mol. The molecule has 1 nitrogen and oxygen atoms in total. The minimum atomic E-state index is -2.57. The molecule has 0 bridgehead atoms. The number of hydrogen-bond donors (Lipinski definition) is 1. The lowest BCUT2D eigenvalue weighted by molar-refractivity contribution is 0.0210. The zero-order valence-corrected chi connectivity index (χ0v) is 9.02. The van der Waals surface area contributed by atoms with Crippen LogP contribution in [-0.2, 0) is 0 Å². The van der Waals surface area contributed by atoms with Crippen LogP contribution in [0.15, 0.2) is 28.7 Å². The number of halogens is 3. The molecule has 1 aliphatic rings. The lowest BCUT2D eigenvalue weighted by Crippen LogP contribution is -2.19. The summed E-state index contributed by atoms with van der Waals surface area (Å²) in [7, 11) is 0. The smallest absolute Gasteiger partial charge is 0.262 e. The molecule has 1 saturated heterocycles. The Labute approximate surface area is 89.6 Å². The van der Waals surface area contributed by atoms with Gasteiger partial charge in [-0.1, -0.05) is 34.1 Å². The topological polar surface area (TPSA) is 12.0 Å². The van der Waals surface area contributed by atoms with Gasteiger partial charge in [-0.25, -0.2) is 8.78 Å². The fourth-order valence-corrected chi connectivity index (χ4v) is 2.25. The Balaban J connectivity index is 2.22. The maximum absolute atomic E-state index is 12.9. The van der Waals surface area contributed by atoms with Crippen molar-refractivity contribution in [2.75, 3.05) is 6.54 Å². The molecule has 1 heterocycles. The summed E-state index contributed by atoms with van der Waals surface area (Å²) in [5.74, 6) is -2.57. The summed E-state index contributed by atoms with van der Waals surface area (Å²) in [6, 6.07) is 7.23. The molecule has 14 heavy (non-hydrogen) atoms. The van der Waals surface area contributed by atoms with E-state index in [1.165, 1.54) is 0 Å². The minimum absolute atomic E-state index is 0.115. The highest BCUT2D eigenvalue weighted by Crippen LogP contribution is 2.36. The van der Waals surface area contributed by atoms with E-state index in [0.29, 0.717) is 0 Å². The average Bonchev–Trinajstić information content (AvgIpc) is 2.47. The maximum Gasteiger partial charge on any atom is 0.262 e. The van der Waals surface area contributed by atoms with Gasteiger partial charge < -0.3 is 5.32 Å². The Kier molecular flexibility index (Phi) is 2.58. The van der Waals surface area contributed by atoms with E-state index in [2.05, 4.69) is 21.2 Å². The second-order valence-electron chi connectivity index (χ2n) is 3.52. The summed E-state index contributed by atoms with van der Waals surface area (Å²) in [5, 5.41) is 2.82. The van der Waals surface area contributed by atoms with Crippen LogP contribution in [0.1, 0.15) is 18.0 Å². The molecule has 1 unspecified atom stereocenters. The van der Waals surface area contributed by atoms with Crippen molar-refractivity contribution >= 4 is 15.9 Å². The second kappa shape index (κ2) is 3.59. The third-order valence-electron chi connectivity index (χ3n) is 2.39. The Bertz CT molecular complexity index is 341. The van der Waals surface area contributed by atoms with Crippen molar-refractivity contribution < 1.29 is 8.78 Å². The van der Waals surface area contributed by atoms with E-state index >= 15 is 0 Å². The predicted octanol–water partition coefficient (Wildman–Crippen LogP) is 3.12. The van der Waals surface area contributed by atoms with Crippen LogP contribution in [-0.4, -0.2) is 12.5 Å². The highest BCUT2D eigenvalue weighted by molar-refractivity contribution is 9.10. The first-order valence-electron chi connectivity index (χ1n) is 4.44. The van der Waals surface area contributed by atoms with Gasteiger partial charge in [-0.15, -0.1) is 0 Å². The Hall–Kier alpha value is -0.480. The zero-order valence-electron chi connectivity index (χ0n) is 7.43. The largest absolute Gasteiger partial charge is 0.304 e. The van der Waals surface area contributed by atoms with Crippen LogP contribution < -0.4 is 5.32 Å². The molecule has 0 aromatic heterocycles. The van der Waals surface area contributed by atoms with Crippen LogP contribution in [0.5, 0.6) is 0 Å². The minimum Gasteiger partial charge on any atom is -0.304 e. The van der Waals surface area contributed by atoms with Crippen LogP contribution in [0.4, 0.5) is 8.78 Å². The number of nitrogens with one attached hydrogen (secondary N) is 1.